The Bertz CT molecular complexity index is 1850. The van der Waals surface area contributed by atoms with E-state index >= 15 is 0 Å². The fourth-order valence-corrected chi connectivity index (χ4v) is 4.96. The van der Waals surface area contributed by atoms with Gasteiger partial charge in [-0.1, -0.05) is 24.3 Å². The van der Waals surface area contributed by atoms with Gasteiger partial charge in [0, 0.05) is 21.5 Å². The van der Waals surface area contributed by atoms with Gasteiger partial charge in [-0.3, -0.25) is 8.97 Å². The molecule has 0 atom stereocenters. The van der Waals surface area contributed by atoms with Gasteiger partial charge in [0.2, 0.25) is 0 Å². The first-order valence-corrected chi connectivity index (χ1v) is 9.63. The quantitative estimate of drug-likeness (QED) is 0.268. The third kappa shape index (κ3) is 1.49. The molecule has 4 heterocycles. The van der Waals surface area contributed by atoms with Crippen LogP contribution in [-0.4, -0.2) is 4.40 Å². The van der Waals surface area contributed by atoms with E-state index in [4.69, 9.17) is 8.83 Å². The number of imidazole rings is 1. The Labute approximate surface area is 163 Å². The van der Waals surface area contributed by atoms with Crippen molar-refractivity contribution in [3.8, 4) is 5.69 Å². The smallest absolute Gasteiger partial charge is 0.269 e. The summed E-state index contributed by atoms with van der Waals surface area (Å²) < 4.78 is 16.7. The number of hydrogen-bond donors (Lipinski definition) is 0. The maximum atomic E-state index is 6.25. The van der Waals surface area contributed by atoms with Crippen molar-refractivity contribution in [2.75, 3.05) is 0 Å². The zero-order valence-corrected chi connectivity index (χ0v) is 15.1. The van der Waals surface area contributed by atoms with Crippen LogP contribution in [0.5, 0.6) is 0 Å². The van der Waals surface area contributed by atoms with E-state index in [-0.39, 0.29) is 0 Å². The Hall–Kier alpha value is -4.05. The lowest BCUT2D eigenvalue weighted by Gasteiger charge is -2.02. The molecule has 4 aromatic carbocycles. The van der Waals surface area contributed by atoms with Crippen molar-refractivity contribution >= 4 is 60.4 Å². The minimum Gasteiger partial charge on any atom is -0.457 e. The summed E-state index contributed by atoms with van der Waals surface area (Å²) in [7, 11) is 0. The lowest BCUT2D eigenvalue weighted by molar-refractivity contribution is -0.572. The van der Waals surface area contributed by atoms with Crippen LogP contribution in [-0.2, 0) is 0 Å². The van der Waals surface area contributed by atoms with Gasteiger partial charge in [-0.2, -0.15) is 0 Å². The lowest BCUT2D eigenvalue weighted by atomic mass is 10.1. The molecule has 0 saturated heterocycles. The van der Waals surface area contributed by atoms with E-state index < -0.39 is 0 Å². The number of hydrogen-bond acceptors (Lipinski definition) is 2. The molecule has 4 aromatic heterocycles. The van der Waals surface area contributed by atoms with Gasteiger partial charge < -0.3 is 8.83 Å². The van der Waals surface area contributed by atoms with E-state index in [2.05, 4.69) is 57.8 Å². The SMILES string of the molecule is [c-]1n2c3cccc4oc5ccc6oc7ccc(c2c7c6c5c43)[n+]1-c1ccccc1. The first kappa shape index (κ1) is 14.0. The Morgan fingerprint density at radius 1 is 0.621 bits per heavy atom. The molecule has 4 nitrogen and oxygen atoms in total. The van der Waals surface area contributed by atoms with Crippen LogP contribution >= 0.6 is 0 Å². The molecular weight excluding hydrogens is 360 g/mol. The van der Waals surface area contributed by atoms with Crippen LogP contribution in [0.2, 0.25) is 0 Å². The molecule has 8 aromatic rings. The maximum Gasteiger partial charge on any atom is 0.269 e. The van der Waals surface area contributed by atoms with Gasteiger partial charge in [0.05, 0.1) is 22.2 Å². The summed E-state index contributed by atoms with van der Waals surface area (Å²) in [5, 5.41) is 4.48. The molecule has 4 heteroatoms. The summed E-state index contributed by atoms with van der Waals surface area (Å²) in [6, 6.07) is 24.8. The van der Waals surface area contributed by atoms with Crippen LogP contribution in [0.25, 0.3) is 66.1 Å². The van der Waals surface area contributed by atoms with E-state index in [0.29, 0.717) is 0 Å². The highest BCUT2D eigenvalue weighted by Gasteiger charge is 2.24. The van der Waals surface area contributed by atoms with Crippen molar-refractivity contribution in [1.82, 2.24) is 4.40 Å². The third-order valence-corrected chi connectivity index (χ3v) is 6.11. The molecular formula is C25H12N2O2. The van der Waals surface area contributed by atoms with Crippen molar-refractivity contribution < 1.29 is 13.4 Å². The van der Waals surface area contributed by atoms with Gasteiger partial charge in [-0.25, -0.2) is 0 Å². The second-order valence-corrected chi connectivity index (χ2v) is 7.58. The normalized spacial score (nSPS) is 12.8. The number of furan rings is 2. The van der Waals surface area contributed by atoms with Gasteiger partial charge in [0.25, 0.3) is 6.33 Å². The molecule has 134 valence electrons. The maximum absolute atomic E-state index is 6.25. The van der Waals surface area contributed by atoms with Crippen LogP contribution in [0.15, 0.2) is 81.6 Å². The second-order valence-electron chi connectivity index (χ2n) is 7.58. The molecule has 0 spiro atoms. The Morgan fingerprint density at radius 3 is 2.14 bits per heavy atom. The fraction of sp³-hybridized carbons (Fsp3) is 0. The number of benzene rings is 4. The average Bonchev–Trinajstić information content (AvgIpc) is 3.41. The first-order chi connectivity index (χ1) is 14.4. The molecule has 0 fully saturated rings. The van der Waals surface area contributed by atoms with Crippen molar-refractivity contribution in [2.45, 2.75) is 0 Å². The molecule has 29 heavy (non-hydrogen) atoms. The molecule has 0 bridgehead atoms. The summed E-state index contributed by atoms with van der Waals surface area (Å²) in [6.07, 6.45) is 3.60. The van der Waals surface area contributed by atoms with E-state index in [0.717, 1.165) is 66.1 Å². The van der Waals surface area contributed by atoms with Crippen LogP contribution in [0, 0.1) is 6.33 Å². The van der Waals surface area contributed by atoms with Crippen molar-refractivity contribution in [3.63, 3.8) is 0 Å². The van der Waals surface area contributed by atoms with Gasteiger partial charge in [-0.15, -0.1) is 0 Å². The van der Waals surface area contributed by atoms with E-state index in [9.17, 15) is 0 Å². The molecule has 0 N–H and O–H groups in total. The topological polar surface area (TPSA) is 34.6 Å². The predicted octanol–water partition coefficient (Wildman–Crippen LogP) is 5.84. The highest BCUT2D eigenvalue weighted by molar-refractivity contribution is 6.33. The predicted molar refractivity (Wildman–Crippen MR) is 112 cm³/mol. The third-order valence-electron chi connectivity index (χ3n) is 6.11. The van der Waals surface area contributed by atoms with E-state index in [1.165, 1.54) is 0 Å². The van der Waals surface area contributed by atoms with Gasteiger partial charge in [-0.05, 0) is 48.5 Å². The monoisotopic (exact) mass is 372 g/mol. The summed E-state index contributed by atoms with van der Waals surface area (Å²) in [5.41, 5.74) is 7.91. The Kier molecular flexibility index (Phi) is 2.18. The summed E-state index contributed by atoms with van der Waals surface area (Å²) in [5.74, 6) is 0. The van der Waals surface area contributed by atoms with Gasteiger partial charge in [0.15, 0.2) is 0 Å². The number of rotatable bonds is 1. The number of nitrogens with zero attached hydrogens (tertiary/aromatic N) is 2. The highest BCUT2D eigenvalue weighted by atomic mass is 16.3. The fourth-order valence-electron chi connectivity index (χ4n) is 4.96. The highest BCUT2D eigenvalue weighted by Crippen LogP contribution is 2.45. The molecule has 0 radical (unpaired) electrons. The minimum atomic E-state index is 0.883. The average molecular weight is 372 g/mol. The van der Waals surface area contributed by atoms with Gasteiger partial charge in [0.1, 0.15) is 22.3 Å². The first-order valence-electron chi connectivity index (χ1n) is 9.63. The lowest BCUT2D eigenvalue weighted by Crippen LogP contribution is -2.29. The van der Waals surface area contributed by atoms with Crippen molar-refractivity contribution in [3.05, 3.63) is 79.1 Å². The largest absolute Gasteiger partial charge is 0.457 e. The van der Waals surface area contributed by atoms with Crippen LogP contribution in [0.1, 0.15) is 0 Å². The van der Waals surface area contributed by atoms with Crippen molar-refractivity contribution in [1.29, 1.82) is 0 Å². The van der Waals surface area contributed by atoms with Crippen LogP contribution < -0.4 is 4.57 Å². The summed E-state index contributed by atoms with van der Waals surface area (Å²) in [6.45, 7) is 0. The minimum absolute atomic E-state index is 0.883. The van der Waals surface area contributed by atoms with Crippen LogP contribution in [0.3, 0.4) is 0 Å². The molecule has 0 aliphatic heterocycles. The standard InChI is InChI=1S/C25H12N2O2/c1-2-5-14(6-3-1)26-13-27-15-7-4-8-17-21(15)22-18(28-17)11-12-19-23(22)24-20(29-19)10-9-16(26)25(24)27/h1-12H. The number of para-hydroxylation sites is 1. The second kappa shape index (κ2) is 4.50. The Morgan fingerprint density at radius 2 is 1.31 bits per heavy atom. The number of fused-ring (bicyclic) bond motifs is 1. The molecule has 0 saturated carbocycles. The van der Waals surface area contributed by atoms with E-state index in [1.54, 1.807) is 0 Å². The van der Waals surface area contributed by atoms with Crippen molar-refractivity contribution in [2.24, 2.45) is 0 Å². The molecule has 0 aliphatic carbocycles. The zero-order chi connectivity index (χ0) is 18.7. The van der Waals surface area contributed by atoms with Crippen LogP contribution in [0.4, 0.5) is 0 Å². The summed E-state index contributed by atoms with van der Waals surface area (Å²) >= 11 is 0. The van der Waals surface area contributed by atoms with E-state index in [1.807, 2.05) is 30.3 Å². The Balaban J connectivity index is 1.79. The molecule has 0 aliphatic rings. The molecule has 0 unspecified atom stereocenters. The zero-order valence-electron chi connectivity index (χ0n) is 15.1. The summed E-state index contributed by atoms with van der Waals surface area (Å²) in [4.78, 5) is 0. The number of aromatic nitrogens is 2. The van der Waals surface area contributed by atoms with Gasteiger partial charge >= 0.3 is 0 Å². The molecule has 8 rings (SSSR count). The molecule has 0 amide bonds.